The summed E-state index contributed by atoms with van der Waals surface area (Å²) >= 11 is 3.27. The Balaban J connectivity index is 2.28. The van der Waals surface area contributed by atoms with Gasteiger partial charge in [0.15, 0.2) is 21.0 Å². The second-order valence-electron chi connectivity index (χ2n) is 5.02. The molecule has 7 nitrogen and oxygen atoms in total. The SMILES string of the molecule is CO[N+](=O)c1ncc(Br)cc1OC(C)c1ccc(S(C)(=O)=O)cc1. The van der Waals surface area contributed by atoms with Crippen LogP contribution in [0.5, 0.6) is 5.75 Å². The van der Waals surface area contributed by atoms with Gasteiger partial charge in [-0.25, -0.2) is 8.42 Å². The third-order valence-corrected chi connectivity index (χ3v) is 4.78. The van der Waals surface area contributed by atoms with E-state index in [4.69, 9.17) is 4.74 Å². The molecule has 24 heavy (non-hydrogen) atoms. The monoisotopic (exact) mass is 415 g/mol. The zero-order valence-electron chi connectivity index (χ0n) is 13.3. The van der Waals surface area contributed by atoms with Crippen molar-refractivity contribution in [3.63, 3.8) is 0 Å². The second kappa shape index (κ2) is 7.27. The normalized spacial score (nSPS) is 12.5. The van der Waals surface area contributed by atoms with Crippen molar-refractivity contribution in [3.05, 3.63) is 51.5 Å². The first-order chi connectivity index (χ1) is 11.2. The van der Waals surface area contributed by atoms with E-state index in [9.17, 15) is 13.3 Å². The Labute approximate surface area is 148 Å². The summed E-state index contributed by atoms with van der Waals surface area (Å²) in [5.74, 6) is 0.223. The highest BCUT2D eigenvalue weighted by molar-refractivity contribution is 9.10. The predicted molar refractivity (Wildman–Crippen MR) is 90.8 cm³/mol. The van der Waals surface area contributed by atoms with E-state index >= 15 is 0 Å². The summed E-state index contributed by atoms with van der Waals surface area (Å²) in [6.45, 7) is 1.78. The Morgan fingerprint density at radius 1 is 1.25 bits per heavy atom. The fourth-order valence-electron chi connectivity index (χ4n) is 1.97. The number of aromatic nitrogens is 1. The topological polar surface area (TPSA) is 85.6 Å². The first-order valence-corrected chi connectivity index (χ1v) is 9.54. The van der Waals surface area contributed by atoms with Crippen LogP contribution >= 0.6 is 15.9 Å². The van der Waals surface area contributed by atoms with E-state index in [1.54, 1.807) is 25.1 Å². The van der Waals surface area contributed by atoms with E-state index in [1.807, 2.05) is 0 Å². The van der Waals surface area contributed by atoms with Gasteiger partial charge in [-0.1, -0.05) is 12.1 Å². The van der Waals surface area contributed by atoms with E-state index in [-0.39, 0.29) is 21.4 Å². The Morgan fingerprint density at radius 3 is 2.42 bits per heavy atom. The van der Waals surface area contributed by atoms with Gasteiger partial charge in [-0.05, 0) is 50.4 Å². The molecule has 0 spiro atoms. The minimum Gasteiger partial charge on any atom is -0.478 e. The molecule has 128 valence electrons. The maximum atomic E-state index is 11.7. The lowest BCUT2D eigenvalue weighted by molar-refractivity contribution is -0.739. The van der Waals surface area contributed by atoms with Crippen LogP contribution in [0.3, 0.4) is 0 Å². The highest BCUT2D eigenvalue weighted by Gasteiger charge is 2.25. The molecule has 1 aromatic carbocycles. The fourth-order valence-corrected chi connectivity index (χ4v) is 2.91. The Morgan fingerprint density at radius 2 is 1.88 bits per heavy atom. The van der Waals surface area contributed by atoms with Crippen LogP contribution in [0.4, 0.5) is 5.82 Å². The van der Waals surface area contributed by atoms with Crippen molar-refractivity contribution in [2.24, 2.45) is 0 Å². The summed E-state index contributed by atoms with van der Waals surface area (Å²) in [5, 5.41) is 0. The van der Waals surface area contributed by atoms with Crippen molar-refractivity contribution in [1.82, 2.24) is 4.98 Å². The molecule has 1 aromatic heterocycles. The fraction of sp³-hybridized carbons (Fsp3) is 0.267. The predicted octanol–water partition coefficient (Wildman–Crippen LogP) is 3.36. The van der Waals surface area contributed by atoms with E-state index in [0.29, 0.717) is 4.47 Å². The van der Waals surface area contributed by atoms with Crippen LogP contribution in [0.1, 0.15) is 18.6 Å². The molecule has 9 heteroatoms. The third kappa shape index (κ3) is 4.30. The summed E-state index contributed by atoms with van der Waals surface area (Å²) < 4.78 is 29.4. The van der Waals surface area contributed by atoms with Gasteiger partial charge in [0.1, 0.15) is 13.2 Å². The highest BCUT2D eigenvalue weighted by atomic mass is 79.9. The lowest BCUT2D eigenvalue weighted by Crippen LogP contribution is -2.08. The number of pyridine rings is 1. The Bertz CT molecular complexity index is 853. The van der Waals surface area contributed by atoms with Gasteiger partial charge in [-0.2, -0.15) is 0 Å². The second-order valence-corrected chi connectivity index (χ2v) is 7.95. The summed E-state index contributed by atoms with van der Waals surface area (Å²) in [7, 11) is -2.02. The van der Waals surface area contributed by atoms with Crippen LogP contribution in [0.15, 0.2) is 45.9 Å². The van der Waals surface area contributed by atoms with Gasteiger partial charge >= 0.3 is 5.82 Å². The number of ether oxygens (including phenoxy) is 1. The van der Waals surface area contributed by atoms with E-state index in [2.05, 4.69) is 25.8 Å². The van der Waals surface area contributed by atoms with Gasteiger partial charge in [0.25, 0.3) is 0 Å². The minimum absolute atomic E-state index is 0.0136. The van der Waals surface area contributed by atoms with E-state index in [0.717, 1.165) is 11.8 Å². The molecule has 1 heterocycles. The van der Waals surface area contributed by atoms with Crippen molar-refractivity contribution in [2.75, 3.05) is 13.4 Å². The van der Waals surface area contributed by atoms with Crippen LogP contribution in [0.2, 0.25) is 0 Å². The number of halogens is 1. The van der Waals surface area contributed by atoms with Crippen molar-refractivity contribution in [3.8, 4) is 5.75 Å². The average Bonchev–Trinajstić information content (AvgIpc) is 2.53. The zero-order chi connectivity index (χ0) is 17.9. The number of nitrogens with zero attached hydrogens (tertiary/aromatic N) is 2. The maximum Gasteiger partial charge on any atom is 0.450 e. The van der Waals surface area contributed by atoms with Crippen LogP contribution in [-0.4, -0.2) is 31.7 Å². The molecule has 0 amide bonds. The molecule has 0 aliphatic heterocycles. The molecular formula is C15H16BrN2O5S+. The van der Waals surface area contributed by atoms with Crippen molar-refractivity contribution >= 4 is 31.6 Å². The number of hydrogen-bond donors (Lipinski definition) is 0. The van der Waals surface area contributed by atoms with E-state index < -0.39 is 15.9 Å². The van der Waals surface area contributed by atoms with Crippen LogP contribution in [0, 0.1) is 4.91 Å². The standard InChI is InChI=1S/C15H16BrN2O5S/c1-10(11-4-6-13(7-5-11)24(3,20)21)23-14-8-12(16)9-17-15(14)18(19)22-2/h4-10H,1-3H3/q+1. The van der Waals surface area contributed by atoms with Crippen molar-refractivity contribution in [1.29, 1.82) is 0 Å². The van der Waals surface area contributed by atoms with Gasteiger partial charge in [-0.15, -0.1) is 0 Å². The summed E-state index contributed by atoms with van der Waals surface area (Å²) in [6.07, 6.45) is 2.17. The quantitative estimate of drug-likeness (QED) is 0.672. The molecule has 0 fully saturated rings. The summed E-state index contributed by atoms with van der Waals surface area (Å²) in [6, 6.07) is 7.96. The van der Waals surface area contributed by atoms with Gasteiger partial charge in [0, 0.05) is 12.3 Å². The lowest BCUT2D eigenvalue weighted by atomic mass is 10.1. The molecule has 0 saturated heterocycles. The molecule has 2 rings (SSSR count). The van der Waals surface area contributed by atoms with Gasteiger partial charge in [0.05, 0.1) is 9.37 Å². The molecule has 0 bridgehead atoms. The molecule has 0 aliphatic rings. The Hall–Kier alpha value is -2.00. The third-order valence-electron chi connectivity index (χ3n) is 3.22. The first kappa shape index (κ1) is 18.3. The van der Waals surface area contributed by atoms with Gasteiger partial charge in [0.2, 0.25) is 5.75 Å². The average molecular weight is 416 g/mol. The molecular weight excluding hydrogens is 400 g/mol. The lowest BCUT2D eigenvalue weighted by Gasteiger charge is -2.14. The van der Waals surface area contributed by atoms with Gasteiger partial charge in [-0.3, -0.25) is 0 Å². The van der Waals surface area contributed by atoms with Crippen molar-refractivity contribution < 1.29 is 22.9 Å². The number of sulfone groups is 1. The van der Waals surface area contributed by atoms with Crippen LogP contribution in [0.25, 0.3) is 0 Å². The minimum atomic E-state index is -3.25. The maximum absolute atomic E-state index is 11.7. The Kier molecular flexibility index (Phi) is 5.55. The molecule has 0 N–H and O–H groups in total. The van der Waals surface area contributed by atoms with E-state index in [1.165, 1.54) is 25.4 Å². The molecule has 1 unspecified atom stereocenters. The number of hydrogen-bond acceptors (Lipinski definition) is 6. The number of benzene rings is 1. The molecule has 0 saturated carbocycles. The molecule has 2 aromatic rings. The van der Waals surface area contributed by atoms with Gasteiger partial charge < -0.3 is 9.57 Å². The first-order valence-electron chi connectivity index (χ1n) is 6.86. The molecule has 0 radical (unpaired) electrons. The summed E-state index contributed by atoms with van der Waals surface area (Å²) in [4.78, 5) is 20.8. The number of rotatable bonds is 6. The smallest absolute Gasteiger partial charge is 0.450 e. The highest BCUT2D eigenvalue weighted by Crippen LogP contribution is 2.32. The van der Waals surface area contributed by atoms with Crippen LogP contribution < -0.4 is 4.74 Å². The molecule has 0 aliphatic carbocycles. The molecule has 1 atom stereocenters. The zero-order valence-corrected chi connectivity index (χ0v) is 15.7. The van der Waals surface area contributed by atoms with Crippen LogP contribution in [-0.2, 0) is 14.7 Å². The largest absolute Gasteiger partial charge is 0.478 e. The van der Waals surface area contributed by atoms with Crippen molar-refractivity contribution in [2.45, 2.75) is 17.9 Å². The summed E-state index contributed by atoms with van der Waals surface area (Å²) in [5.41, 5.74) is 0.753.